The molecule has 112 valence electrons. The van der Waals surface area contributed by atoms with E-state index in [2.05, 4.69) is 11.1 Å². The Labute approximate surface area is 135 Å². The first-order valence-electron chi connectivity index (χ1n) is 7.33. The molecule has 3 nitrogen and oxygen atoms in total. The molecule has 0 unspecified atom stereocenters. The van der Waals surface area contributed by atoms with Crippen LogP contribution in [0.25, 0.3) is 22.6 Å². The van der Waals surface area contributed by atoms with E-state index >= 15 is 0 Å². The number of rotatable bonds is 3. The summed E-state index contributed by atoms with van der Waals surface area (Å²) < 4.78 is 5.29. The van der Waals surface area contributed by atoms with Gasteiger partial charge in [0, 0.05) is 5.39 Å². The van der Waals surface area contributed by atoms with Crippen molar-refractivity contribution in [1.82, 2.24) is 4.98 Å². The van der Waals surface area contributed by atoms with Crippen molar-refractivity contribution >= 4 is 22.6 Å². The second kappa shape index (κ2) is 6.33. The normalized spacial score (nSPS) is 11.3. The number of para-hydroxylation sites is 1. The van der Waals surface area contributed by atoms with Gasteiger partial charge in [-0.25, -0.2) is 4.98 Å². The van der Waals surface area contributed by atoms with Crippen LogP contribution in [-0.2, 0) is 0 Å². The SMILES string of the molecule is COc1cc(C)cc(C(C#N)=Cc2ccc3ccccc3n2)c1. The number of hydrogen-bond donors (Lipinski definition) is 0. The largest absolute Gasteiger partial charge is 0.497 e. The molecule has 23 heavy (non-hydrogen) atoms. The number of hydrogen-bond acceptors (Lipinski definition) is 3. The molecule has 3 heteroatoms. The lowest BCUT2D eigenvalue weighted by molar-refractivity contribution is 0.414. The molecule has 1 aromatic heterocycles. The molecule has 3 aromatic rings. The van der Waals surface area contributed by atoms with Gasteiger partial charge in [0.1, 0.15) is 5.75 Å². The molecule has 2 aromatic carbocycles. The number of fused-ring (bicyclic) bond motifs is 1. The van der Waals surface area contributed by atoms with E-state index in [0.29, 0.717) is 5.57 Å². The zero-order valence-corrected chi connectivity index (χ0v) is 13.1. The Kier molecular flexibility index (Phi) is 4.07. The summed E-state index contributed by atoms with van der Waals surface area (Å²) in [5.74, 6) is 0.743. The summed E-state index contributed by atoms with van der Waals surface area (Å²) in [6.07, 6.45) is 1.81. The lowest BCUT2D eigenvalue weighted by atomic mass is 10.0. The molecule has 0 bridgehead atoms. The summed E-state index contributed by atoms with van der Waals surface area (Å²) >= 11 is 0. The second-order valence-corrected chi connectivity index (χ2v) is 5.34. The van der Waals surface area contributed by atoms with Crippen LogP contribution in [0.15, 0.2) is 54.6 Å². The van der Waals surface area contributed by atoms with Crippen molar-refractivity contribution in [3.8, 4) is 11.8 Å². The van der Waals surface area contributed by atoms with Crippen LogP contribution in [0.4, 0.5) is 0 Å². The molecule has 0 aliphatic heterocycles. The second-order valence-electron chi connectivity index (χ2n) is 5.34. The number of nitrogens with zero attached hydrogens (tertiary/aromatic N) is 2. The van der Waals surface area contributed by atoms with Gasteiger partial charge in [-0.15, -0.1) is 0 Å². The van der Waals surface area contributed by atoms with E-state index in [4.69, 9.17) is 4.74 Å². The molecule has 0 aliphatic carbocycles. The highest BCUT2D eigenvalue weighted by Gasteiger charge is 2.06. The van der Waals surface area contributed by atoms with Crippen LogP contribution in [0.2, 0.25) is 0 Å². The van der Waals surface area contributed by atoms with Crippen LogP contribution in [0.1, 0.15) is 16.8 Å². The fourth-order valence-electron chi connectivity index (χ4n) is 2.51. The Bertz CT molecular complexity index is 936. The van der Waals surface area contributed by atoms with Gasteiger partial charge >= 0.3 is 0 Å². The van der Waals surface area contributed by atoms with Crippen LogP contribution < -0.4 is 4.74 Å². The molecule has 0 saturated carbocycles. The van der Waals surface area contributed by atoms with Gasteiger partial charge in [-0.1, -0.05) is 30.3 Å². The van der Waals surface area contributed by atoms with Crippen LogP contribution in [0, 0.1) is 18.3 Å². The third-order valence-electron chi connectivity index (χ3n) is 3.63. The molecule has 0 N–H and O–H groups in total. The molecule has 0 fully saturated rings. The number of ether oxygens (including phenoxy) is 1. The molecule has 0 atom stereocenters. The number of nitriles is 1. The Hall–Kier alpha value is -3.12. The predicted molar refractivity (Wildman–Crippen MR) is 93.0 cm³/mol. The van der Waals surface area contributed by atoms with Crippen molar-refractivity contribution in [2.24, 2.45) is 0 Å². The monoisotopic (exact) mass is 300 g/mol. The van der Waals surface area contributed by atoms with Crippen molar-refractivity contribution in [2.45, 2.75) is 6.92 Å². The first-order chi connectivity index (χ1) is 11.2. The Morgan fingerprint density at radius 1 is 1.13 bits per heavy atom. The lowest BCUT2D eigenvalue weighted by Gasteiger charge is -2.06. The van der Waals surface area contributed by atoms with Crippen LogP contribution in [-0.4, -0.2) is 12.1 Å². The summed E-state index contributed by atoms with van der Waals surface area (Å²) in [5, 5.41) is 10.6. The van der Waals surface area contributed by atoms with Crippen LogP contribution >= 0.6 is 0 Å². The highest BCUT2D eigenvalue weighted by atomic mass is 16.5. The van der Waals surface area contributed by atoms with Crippen LogP contribution in [0.3, 0.4) is 0 Å². The maximum absolute atomic E-state index is 9.52. The molecule has 0 saturated heterocycles. The zero-order chi connectivity index (χ0) is 16.2. The van der Waals surface area contributed by atoms with Crippen molar-refractivity contribution in [3.63, 3.8) is 0 Å². The number of methoxy groups -OCH3 is 1. The quantitative estimate of drug-likeness (QED) is 0.663. The molecular formula is C20H16N2O. The van der Waals surface area contributed by atoms with Gasteiger partial charge in [-0.05, 0) is 48.4 Å². The third kappa shape index (κ3) is 3.22. The molecule has 0 spiro atoms. The Morgan fingerprint density at radius 2 is 1.96 bits per heavy atom. The smallest absolute Gasteiger partial charge is 0.119 e. The van der Waals surface area contributed by atoms with Gasteiger partial charge in [0.2, 0.25) is 0 Å². The highest BCUT2D eigenvalue weighted by Crippen LogP contribution is 2.24. The summed E-state index contributed by atoms with van der Waals surface area (Å²) in [6, 6.07) is 19.9. The summed E-state index contributed by atoms with van der Waals surface area (Å²) in [4.78, 5) is 4.59. The highest BCUT2D eigenvalue weighted by molar-refractivity contribution is 5.90. The summed E-state index contributed by atoms with van der Waals surface area (Å²) in [6.45, 7) is 1.98. The Morgan fingerprint density at radius 3 is 2.74 bits per heavy atom. The standard InChI is InChI=1S/C20H16N2O/c1-14-9-16(12-19(10-14)23-2)17(13-21)11-18-8-7-15-5-3-4-6-20(15)22-18/h3-12H,1-2H3. The fraction of sp³-hybridized carbons (Fsp3) is 0.100. The number of aryl methyl sites for hydroxylation is 1. The number of pyridine rings is 1. The number of aromatic nitrogens is 1. The maximum atomic E-state index is 9.52. The van der Waals surface area contributed by atoms with Gasteiger partial charge in [-0.3, -0.25) is 0 Å². The van der Waals surface area contributed by atoms with E-state index in [1.165, 1.54) is 0 Å². The molecule has 1 heterocycles. The topological polar surface area (TPSA) is 45.9 Å². The lowest BCUT2D eigenvalue weighted by Crippen LogP contribution is -1.90. The first-order valence-corrected chi connectivity index (χ1v) is 7.33. The predicted octanol–water partition coefficient (Wildman–Crippen LogP) is 4.62. The van der Waals surface area contributed by atoms with Gasteiger partial charge < -0.3 is 4.74 Å². The number of allylic oxidation sites excluding steroid dienone is 1. The molecule has 0 aliphatic rings. The van der Waals surface area contributed by atoms with E-state index in [9.17, 15) is 5.26 Å². The molecule has 0 amide bonds. The molecule has 0 radical (unpaired) electrons. The summed E-state index contributed by atoms with van der Waals surface area (Å²) in [5.41, 5.74) is 4.13. The molecule has 3 rings (SSSR count). The van der Waals surface area contributed by atoms with E-state index in [1.807, 2.05) is 61.5 Å². The van der Waals surface area contributed by atoms with E-state index < -0.39 is 0 Å². The first kappa shape index (κ1) is 14.8. The average molecular weight is 300 g/mol. The van der Waals surface area contributed by atoms with E-state index in [-0.39, 0.29) is 0 Å². The fourth-order valence-corrected chi connectivity index (χ4v) is 2.51. The van der Waals surface area contributed by atoms with E-state index in [0.717, 1.165) is 33.5 Å². The minimum Gasteiger partial charge on any atom is -0.497 e. The Balaban J connectivity index is 2.07. The van der Waals surface area contributed by atoms with Gasteiger partial charge in [0.25, 0.3) is 0 Å². The number of benzene rings is 2. The average Bonchev–Trinajstić information content (AvgIpc) is 2.58. The van der Waals surface area contributed by atoms with Gasteiger partial charge in [-0.2, -0.15) is 5.26 Å². The minimum absolute atomic E-state index is 0.565. The third-order valence-corrected chi connectivity index (χ3v) is 3.63. The summed E-state index contributed by atoms with van der Waals surface area (Å²) in [7, 11) is 1.62. The van der Waals surface area contributed by atoms with Crippen molar-refractivity contribution in [2.75, 3.05) is 7.11 Å². The zero-order valence-electron chi connectivity index (χ0n) is 13.1. The van der Waals surface area contributed by atoms with Crippen molar-refractivity contribution in [1.29, 1.82) is 5.26 Å². The van der Waals surface area contributed by atoms with E-state index in [1.54, 1.807) is 13.2 Å². The van der Waals surface area contributed by atoms with Gasteiger partial charge in [0.15, 0.2) is 0 Å². The minimum atomic E-state index is 0.565. The van der Waals surface area contributed by atoms with Gasteiger partial charge in [0.05, 0.1) is 30.0 Å². The van der Waals surface area contributed by atoms with Crippen molar-refractivity contribution in [3.05, 3.63) is 71.4 Å². The maximum Gasteiger partial charge on any atom is 0.119 e. The molecular weight excluding hydrogens is 284 g/mol. The van der Waals surface area contributed by atoms with Crippen molar-refractivity contribution < 1.29 is 4.74 Å². The van der Waals surface area contributed by atoms with Crippen LogP contribution in [0.5, 0.6) is 5.75 Å².